The largest absolute Gasteiger partial charge is 0.352 e. The second-order valence-electron chi connectivity index (χ2n) is 5.69. The van der Waals surface area contributed by atoms with E-state index in [4.69, 9.17) is 0 Å². The molecule has 1 unspecified atom stereocenters. The Balaban J connectivity index is 1.97. The van der Waals surface area contributed by atoms with Crippen molar-refractivity contribution in [3.05, 3.63) is 18.1 Å². The summed E-state index contributed by atoms with van der Waals surface area (Å²) < 4.78 is 0. The van der Waals surface area contributed by atoms with E-state index in [0.29, 0.717) is 12.0 Å². The zero-order valence-corrected chi connectivity index (χ0v) is 12.4. The van der Waals surface area contributed by atoms with Crippen molar-refractivity contribution in [2.45, 2.75) is 52.6 Å². The highest BCUT2D eigenvalue weighted by Gasteiger charge is 2.28. The maximum atomic E-state index is 4.60. The Bertz CT molecular complexity index is 374. The molecule has 19 heavy (non-hydrogen) atoms. The fourth-order valence-corrected chi connectivity index (χ4v) is 2.75. The molecule has 1 aromatic rings. The van der Waals surface area contributed by atoms with Crippen molar-refractivity contribution in [3.63, 3.8) is 0 Å². The molecule has 1 saturated heterocycles. The molecule has 0 aromatic carbocycles. The predicted molar refractivity (Wildman–Crippen MR) is 79.2 cm³/mol. The molecule has 0 radical (unpaired) electrons. The Kier molecular flexibility index (Phi) is 5.14. The molecular formula is C15H26N4. The molecular weight excluding hydrogens is 236 g/mol. The highest BCUT2D eigenvalue weighted by Crippen LogP contribution is 2.27. The van der Waals surface area contributed by atoms with Gasteiger partial charge >= 0.3 is 0 Å². The quantitative estimate of drug-likeness (QED) is 0.800. The molecule has 1 fully saturated rings. The highest BCUT2D eigenvalue weighted by molar-refractivity contribution is 5.39. The number of nitrogens with one attached hydrogen (secondary N) is 1. The Morgan fingerprint density at radius 1 is 1.37 bits per heavy atom. The molecule has 1 aliphatic heterocycles. The summed E-state index contributed by atoms with van der Waals surface area (Å²) in [5, 5.41) is 3.35. The van der Waals surface area contributed by atoms with E-state index in [0.717, 1.165) is 37.6 Å². The number of aromatic nitrogens is 2. The summed E-state index contributed by atoms with van der Waals surface area (Å²) in [5.41, 5.74) is 1.03. The van der Waals surface area contributed by atoms with E-state index >= 15 is 0 Å². The molecule has 106 valence electrons. The lowest BCUT2D eigenvalue weighted by Gasteiger charge is -2.28. The molecule has 0 saturated carbocycles. The first-order valence-corrected chi connectivity index (χ1v) is 7.50. The maximum Gasteiger partial charge on any atom is 0.147 e. The van der Waals surface area contributed by atoms with E-state index in [1.807, 2.05) is 12.4 Å². The summed E-state index contributed by atoms with van der Waals surface area (Å²) in [6.45, 7) is 9.71. The van der Waals surface area contributed by atoms with Gasteiger partial charge in [0.25, 0.3) is 0 Å². The van der Waals surface area contributed by atoms with Gasteiger partial charge in [-0.05, 0) is 31.7 Å². The first-order valence-electron chi connectivity index (χ1n) is 7.50. The number of nitrogens with zero attached hydrogens (tertiary/aromatic N) is 3. The number of anilines is 1. The van der Waals surface area contributed by atoms with E-state index in [1.165, 1.54) is 12.8 Å². The van der Waals surface area contributed by atoms with E-state index in [2.05, 4.69) is 41.0 Å². The van der Waals surface area contributed by atoms with Crippen LogP contribution in [0.15, 0.2) is 12.4 Å². The van der Waals surface area contributed by atoms with Crippen LogP contribution in [0.5, 0.6) is 0 Å². The number of hydrogen-bond acceptors (Lipinski definition) is 4. The Morgan fingerprint density at radius 3 is 2.84 bits per heavy atom. The Hall–Kier alpha value is -1.16. The minimum Gasteiger partial charge on any atom is -0.352 e. The van der Waals surface area contributed by atoms with Crippen LogP contribution in [0.4, 0.5) is 5.82 Å². The Labute approximate surface area is 116 Å². The normalized spacial score (nSPS) is 19.4. The molecule has 1 aromatic heterocycles. The van der Waals surface area contributed by atoms with Crippen molar-refractivity contribution in [2.24, 2.45) is 5.92 Å². The first-order chi connectivity index (χ1) is 9.22. The van der Waals surface area contributed by atoms with Crippen LogP contribution in [0.25, 0.3) is 0 Å². The SMILES string of the molecule is CCCNCc1cnc(N2CCCC2C(C)C)cn1. The molecule has 1 aliphatic rings. The van der Waals surface area contributed by atoms with E-state index in [9.17, 15) is 0 Å². The van der Waals surface area contributed by atoms with Crippen LogP contribution in [0.3, 0.4) is 0 Å². The van der Waals surface area contributed by atoms with Gasteiger partial charge in [0.05, 0.1) is 18.1 Å². The van der Waals surface area contributed by atoms with Gasteiger partial charge in [0.1, 0.15) is 5.82 Å². The molecule has 1 N–H and O–H groups in total. The van der Waals surface area contributed by atoms with Gasteiger partial charge in [-0.25, -0.2) is 4.98 Å². The van der Waals surface area contributed by atoms with Crippen LogP contribution in [-0.4, -0.2) is 29.1 Å². The van der Waals surface area contributed by atoms with Crippen molar-refractivity contribution in [1.82, 2.24) is 15.3 Å². The van der Waals surface area contributed by atoms with Gasteiger partial charge in [0, 0.05) is 19.1 Å². The highest BCUT2D eigenvalue weighted by atomic mass is 15.2. The molecule has 4 heteroatoms. The minimum absolute atomic E-state index is 0.623. The minimum atomic E-state index is 0.623. The fourth-order valence-electron chi connectivity index (χ4n) is 2.75. The Morgan fingerprint density at radius 2 is 2.21 bits per heavy atom. The van der Waals surface area contributed by atoms with Crippen LogP contribution in [0.1, 0.15) is 45.7 Å². The van der Waals surface area contributed by atoms with E-state index in [-0.39, 0.29) is 0 Å². The molecule has 2 heterocycles. The molecule has 0 aliphatic carbocycles. The predicted octanol–water partition coefficient (Wildman–Crippen LogP) is 2.60. The fraction of sp³-hybridized carbons (Fsp3) is 0.733. The lowest BCUT2D eigenvalue weighted by molar-refractivity contribution is 0.489. The smallest absolute Gasteiger partial charge is 0.147 e. The lowest BCUT2D eigenvalue weighted by Crippen LogP contribution is -2.34. The molecule has 4 nitrogen and oxygen atoms in total. The number of hydrogen-bond donors (Lipinski definition) is 1. The standard InChI is InChI=1S/C15H26N4/c1-4-7-16-9-13-10-18-15(11-17-13)19-8-5-6-14(19)12(2)3/h10-12,14,16H,4-9H2,1-3H3. The average molecular weight is 262 g/mol. The first kappa shape index (κ1) is 14.3. The van der Waals surface area contributed by atoms with Gasteiger partial charge in [-0.3, -0.25) is 4.98 Å². The molecule has 0 spiro atoms. The van der Waals surface area contributed by atoms with Crippen LogP contribution in [0.2, 0.25) is 0 Å². The van der Waals surface area contributed by atoms with Crippen molar-refractivity contribution >= 4 is 5.82 Å². The second-order valence-corrected chi connectivity index (χ2v) is 5.69. The zero-order valence-electron chi connectivity index (χ0n) is 12.4. The third kappa shape index (κ3) is 3.66. The third-order valence-corrected chi connectivity index (χ3v) is 3.79. The average Bonchev–Trinajstić information content (AvgIpc) is 2.89. The summed E-state index contributed by atoms with van der Waals surface area (Å²) in [6, 6.07) is 0.623. The van der Waals surface area contributed by atoms with Crippen molar-refractivity contribution in [1.29, 1.82) is 0 Å². The van der Waals surface area contributed by atoms with Crippen molar-refractivity contribution in [2.75, 3.05) is 18.0 Å². The van der Waals surface area contributed by atoms with Crippen LogP contribution >= 0.6 is 0 Å². The monoisotopic (exact) mass is 262 g/mol. The van der Waals surface area contributed by atoms with E-state index in [1.54, 1.807) is 0 Å². The van der Waals surface area contributed by atoms with Crippen LogP contribution in [0, 0.1) is 5.92 Å². The molecule has 1 atom stereocenters. The van der Waals surface area contributed by atoms with Gasteiger partial charge < -0.3 is 10.2 Å². The van der Waals surface area contributed by atoms with Crippen molar-refractivity contribution in [3.8, 4) is 0 Å². The summed E-state index contributed by atoms with van der Waals surface area (Å²) in [7, 11) is 0. The maximum absolute atomic E-state index is 4.60. The molecule has 0 bridgehead atoms. The summed E-state index contributed by atoms with van der Waals surface area (Å²) in [4.78, 5) is 11.5. The summed E-state index contributed by atoms with van der Waals surface area (Å²) in [6.07, 6.45) is 7.54. The second kappa shape index (κ2) is 6.85. The zero-order chi connectivity index (χ0) is 13.7. The van der Waals surface area contributed by atoms with Gasteiger partial charge in [-0.15, -0.1) is 0 Å². The van der Waals surface area contributed by atoms with Gasteiger partial charge in [-0.2, -0.15) is 0 Å². The lowest BCUT2D eigenvalue weighted by atomic mass is 10.0. The third-order valence-electron chi connectivity index (χ3n) is 3.79. The van der Waals surface area contributed by atoms with Gasteiger partial charge in [0.2, 0.25) is 0 Å². The molecule has 2 rings (SSSR count). The summed E-state index contributed by atoms with van der Waals surface area (Å²) >= 11 is 0. The van der Waals surface area contributed by atoms with Crippen LogP contribution in [-0.2, 0) is 6.54 Å². The topological polar surface area (TPSA) is 41.1 Å². The van der Waals surface area contributed by atoms with E-state index < -0.39 is 0 Å². The van der Waals surface area contributed by atoms with Crippen LogP contribution < -0.4 is 10.2 Å². The van der Waals surface area contributed by atoms with Crippen molar-refractivity contribution < 1.29 is 0 Å². The summed E-state index contributed by atoms with van der Waals surface area (Å²) in [5.74, 6) is 1.71. The van der Waals surface area contributed by atoms with Gasteiger partial charge in [0.15, 0.2) is 0 Å². The van der Waals surface area contributed by atoms with Gasteiger partial charge in [-0.1, -0.05) is 20.8 Å². The number of rotatable bonds is 6. The molecule has 0 amide bonds.